The van der Waals surface area contributed by atoms with Crippen molar-refractivity contribution in [2.24, 2.45) is 0 Å². The van der Waals surface area contributed by atoms with Crippen LogP contribution in [-0.2, 0) is 0 Å². The molecule has 8 heavy (non-hydrogen) atoms. The summed E-state index contributed by atoms with van der Waals surface area (Å²) < 4.78 is 0. The molecule has 0 amide bonds. The van der Waals surface area contributed by atoms with Gasteiger partial charge in [-0.2, -0.15) is 0 Å². The minimum Gasteiger partial charge on any atom is -0.0919 e. The van der Waals surface area contributed by atoms with Crippen LogP contribution in [0.5, 0.6) is 0 Å². The Morgan fingerprint density at radius 3 is 1.25 bits per heavy atom. The fraction of sp³-hybridized carbons (Fsp3) is 0.750. The highest BCUT2D eigenvalue weighted by Gasteiger charge is 1.56. The van der Waals surface area contributed by atoms with Crippen LogP contribution in [0.1, 0.15) is 42.0 Å². The summed E-state index contributed by atoms with van der Waals surface area (Å²) in [6.07, 6.45) is 6.64. The predicted octanol–water partition coefficient (Wildman–Crippen LogP) is 3.63. The topological polar surface area (TPSA) is 0 Å². The van der Waals surface area contributed by atoms with E-state index < -0.39 is 0 Å². The van der Waals surface area contributed by atoms with Gasteiger partial charge in [-0.15, -0.1) is 0 Å². The summed E-state index contributed by atoms with van der Waals surface area (Å²) in [6.45, 7) is 8.36. The van der Waals surface area contributed by atoms with Gasteiger partial charge >= 0.3 is 0 Å². The summed E-state index contributed by atoms with van der Waals surface area (Å²) in [5.74, 6) is 0. The predicted molar refractivity (Wildman–Crippen MR) is 43.2 cm³/mol. The Morgan fingerprint density at radius 1 is 1.00 bits per heavy atom. The Kier molecular flexibility index (Phi) is 21.2. The summed E-state index contributed by atoms with van der Waals surface area (Å²) in [5.41, 5.74) is 0. The van der Waals surface area contributed by atoms with E-state index in [4.69, 9.17) is 0 Å². The van der Waals surface area contributed by atoms with Crippen LogP contribution in [0.4, 0.5) is 0 Å². The van der Waals surface area contributed by atoms with E-state index in [0.717, 1.165) is 0 Å². The molecular formula is C8H20. The molecule has 0 aliphatic rings. The van der Waals surface area contributed by atoms with Crippen LogP contribution in [-0.4, -0.2) is 0 Å². The number of hydrogen-bond acceptors (Lipinski definition) is 0. The van der Waals surface area contributed by atoms with Crippen molar-refractivity contribution in [1.29, 1.82) is 0 Å². The average molecular weight is 116 g/mol. The van der Waals surface area contributed by atoms with Gasteiger partial charge in [0.15, 0.2) is 0 Å². The lowest BCUT2D eigenvalue weighted by Crippen LogP contribution is -1.47. The molecule has 0 saturated carbocycles. The zero-order valence-corrected chi connectivity index (χ0v) is 6.57. The molecule has 0 aliphatic carbocycles. The number of hydrogen-bond donors (Lipinski definition) is 0. The highest BCUT2D eigenvalue weighted by molar-refractivity contribution is 4.68. The molecule has 0 aliphatic heterocycles. The maximum Gasteiger partial charge on any atom is 0 e. The summed E-state index contributed by atoms with van der Waals surface area (Å²) in [7, 11) is 0. The first-order valence-corrected chi connectivity index (χ1v) is 3.40. The Hall–Kier alpha value is -0.260. The van der Waals surface area contributed by atoms with E-state index >= 15 is 0 Å². The molecule has 0 atom stereocenters. The third kappa shape index (κ3) is 42.6. The summed E-state index contributed by atoms with van der Waals surface area (Å²) in [5, 5.41) is 0. The SMILES string of the molecule is CC=CC.CCCC.[HH]. The van der Waals surface area contributed by atoms with Crippen LogP contribution in [0, 0.1) is 0 Å². The Morgan fingerprint density at radius 2 is 1.25 bits per heavy atom. The average Bonchev–Trinajstić information content (AvgIpc) is 1.88. The van der Waals surface area contributed by atoms with Crippen LogP contribution in [0.2, 0.25) is 0 Å². The molecule has 0 radical (unpaired) electrons. The Labute approximate surface area is 55.1 Å². The lowest BCUT2D eigenvalue weighted by atomic mass is 10.4. The molecule has 52 valence electrons. The van der Waals surface area contributed by atoms with Crippen molar-refractivity contribution in [3.05, 3.63) is 12.2 Å². The minimum absolute atomic E-state index is 0. The maximum atomic E-state index is 2.18. The number of unbranched alkanes of at least 4 members (excludes halogenated alkanes) is 1. The number of rotatable bonds is 1. The molecule has 0 spiro atoms. The minimum atomic E-state index is 0. The van der Waals surface area contributed by atoms with Gasteiger partial charge in [-0.25, -0.2) is 0 Å². The third-order valence-electron chi connectivity index (χ3n) is 0.833. The van der Waals surface area contributed by atoms with Crippen molar-refractivity contribution in [1.82, 2.24) is 0 Å². The van der Waals surface area contributed by atoms with Crippen molar-refractivity contribution >= 4 is 0 Å². The van der Waals surface area contributed by atoms with E-state index in [0.29, 0.717) is 0 Å². The first-order chi connectivity index (χ1) is 3.83. The normalized spacial score (nSPS) is 8.50. The number of allylic oxidation sites excluding steroid dienone is 2. The summed E-state index contributed by atoms with van der Waals surface area (Å²) >= 11 is 0. The van der Waals surface area contributed by atoms with Gasteiger partial charge in [-0.3, -0.25) is 0 Å². The van der Waals surface area contributed by atoms with Gasteiger partial charge in [0, 0.05) is 1.43 Å². The van der Waals surface area contributed by atoms with E-state index in [1.54, 1.807) is 0 Å². The first kappa shape index (κ1) is 10.7. The van der Waals surface area contributed by atoms with Crippen LogP contribution >= 0.6 is 0 Å². The molecule has 0 aromatic rings. The first-order valence-electron chi connectivity index (χ1n) is 3.40. The summed E-state index contributed by atoms with van der Waals surface area (Å²) in [4.78, 5) is 0. The van der Waals surface area contributed by atoms with Crippen molar-refractivity contribution in [3.63, 3.8) is 0 Å². The van der Waals surface area contributed by atoms with Gasteiger partial charge in [0.1, 0.15) is 0 Å². The van der Waals surface area contributed by atoms with Gasteiger partial charge in [0.2, 0.25) is 0 Å². The quantitative estimate of drug-likeness (QED) is 0.459. The molecule has 0 fully saturated rings. The van der Waals surface area contributed by atoms with Crippen molar-refractivity contribution in [2.45, 2.75) is 40.5 Å². The van der Waals surface area contributed by atoms with Crippen LogP contribution in [0.15, 0.2) is 12.2 Å². The Balaban J connectivity index is -0.0000000720. The highest BCUT2D eigenvalue weighted by Crippen LogP contribution is 1.76. The molecule has 0 N–H and O–H groups in total. The maximum absolute atomic E-state index is 2.18. The lowest BCUT2D eigenvalue weighted by molar-refractivity contribution is 0.886. The largest absolute Gasteiger partial charge is 0.0919 e. The van der Waals surface area contributed by atoms with E-state index in [1.807, 2.05) is 26.0 Å². The molecule has 0 aromatic heterocycles. The van der Waals surface area contributed by atoms with Crippen LogP contribution in [0.25, 0.3) is 0 Å². The van der Waals surface area contributed by atoms with Crippen LogP contribution in [0.3, 0.4) is 0 Å². The van der Waals surface area contributed by atoms with E-state index in [9.17, 15) is 0 Å². The van der Waals surface area contributed by atoms with Crippen molar-refractivity contribution in [2.75, 3.05) is 0 Å². The van der Waals surface area contributed by atoms with Gasteiger partial charge in [-0.1, -0.05) is 38.8 Å². The molecule has 0 rings (SSSR count). The van der Waals surface area contributed by atoms with E-state index in [2.05, 4.69) is 13.8 Å². The third-order valence-corrected chi connectivity index (χ3v) is 0.833. The summed E-state index contributed by atoms with van der Waals surface area (Å²) in [6, 6.07) is 0. The monoisotopic (exact) mass is 116 g/mol. The molecule has 0 aromatic carbocycles. The zero-order valence-electron chi connectivity index (χ0n) is 6.57. The van der Waals surface area contributed by atoms with Crippen molar-refractivity contribution in [3.8, 4) is 0 Å². The van der Waals surface area contributed by atoms with E-state index in [-0.39, 0.29) is 1.43 Å². The molecule has 0 unspecified atom stereocenters. The van der Waals surface area contributed by atoms with Gasteiger partial charge in [0.25, 0.3) is 0 Å². The lowest BCUT2D eigenvalue weighted by Gasteiger charge is -1.68. The fourth-order valence-electron chi connectivity index (χ4n) is 0. The zero-order chi connectivity index (χ0) is 6.83. The Bertz CT molecular complexity index is 33.8. The second-order valence-electron chi connectivity index (χ2n) is 1.67. The standard InChI is InChI=1S/C4H10.C4H8.H2/c2*1-3-4-2;/h3-4H2,1-2H3;3-4H,1-2H3;1H. The van der Waals surface area contributed by atoms with Crippen molar-refractivity contribution < 1.29 is 1.43 Å². The molecule has 0 heterocycles. The van der Waals surface area contributed by atoms with Gasteiger partial charge in [0.05, 0.1) is 0 Å². The molecule has 0 bridgehead atoms. The van der Waals surface area contributed by atoms with Gasteiger partial charge < -0.3 is 0 Å². The second kappa shape index (κ2) is 15.9. The molecule has 0 nitrogen and oxygen atoms in total. The van der Waals surface area contributed by atoms with Gasteiger partial charge in [-0.05, 0) is 13.8 Å². The molecular weight excluding hydrogens is 96.1 g/mol. The molecule has 0 heteroatoms. The van der Waals surface area contributed by atoms with Crippen LogP contribution < -0.4 is 0 Å². The second-order valence-corrected chi connectivity index (χ2v) is 1.67. The fourth-order valence-corrected chi connectivity index (χ4v) is 0. The highest BCUT2D eigenvalue weighted by atomic mass is 13.6. The van der Waals surface area contributed by atoms with E-state index in [1.165, 1.54) is 12.8 Å². The smallest absolute Gasteiger partial charge is 0 e. The molecule has 0 saturated heterocycles.